The maximum atomic E-state index is 8.86. The molecular formula is C9H12ClNO2. The molecule has 0 unspecified atom stereocenters. The number of methoxy groups -OCH3 is 1. The largest absolute Gasteiger partial charge is 0.495 e. The molecule has 0 saturated carbocycles. The van der Waals surface area contributed by atoms with Crippen molar-refractivity contribution in [2.24, 2.45) is 0 Å². The topological polar surface area (TPSA) is 32.7 Å². The van der Waals surface area contributed by atoms with Crippen LogP contribution < -0.4 is 9.64 Å². The summed E-state index contributed by atoms with van der Waals surface area (Å²) in [5, 5.41) is 9.40. The quantitative estimate of drug-likeness (QED) is 0.757. The Hall–Kier alpha value is -0.930. The van der Waals surface area contributed by atoms with Gasteiger partial charge in [-0.15, -0.1) is 0 Å². The minimum absolute atomic E-state index is 0.0390. The minimum atomic E-state index is -0.0390. The van der Waals surface area contributed by atoms with E-state index in [-0.39, 0.29) is 6.73 Å². The van der Waals surface area contributed by atoms with E-state index in [0.717, 1.165) is 5.69 Å². The lowest BCUT2D eigenvalue weighted by molar-refractivity contribution is 0.298. The van der Waals surface area contributed by atoms with Crippen molar-refractivity contribution in [3.8, 4) is 5.75 Å². The molecule has 0 fully saturated rings. The van der Waals surface area contributed by atoms with E-state index in [1.807, 2.05) is 6.07 Å². The number of benzene rings is 1. The molecule has 0 amide bonds. The number of rotatable bonds is 3. The Balaban J connectivity index is 2.95. The molecule has 0 aromatic heterocycles. The summed E-state index contributed by atoms with van der Waals surface area (Å²) in [6.07, 6.45) is 0. The van der Waals surface area contributed by atoms with E-state index in [2.05, 4.69) is 0 Å². The van der Waals surface area contributed by atoms with E-state index < -0.39 is 0 Å². The van der Waals surface area contributed by atoms with Crippen LogP contribution in [0.5, 0.6) is 5.75 Å². The summed E-state index contributed by atoms with van der Waals surface area (Å²) in [5.41, 5.74) is 0.855. The summed E-state index contributed by atoms with van der Waals surface area (Å²) in [6.45, 7) is -0.0390. The van der Waals surface area contributed by atoms with Gasteiger partial charge in [0.2, 0.25) is 0 Å². The summed E-state index contributed by atoms with van der Waals surface area (Å²) in [7, 11) is 3.34. The zero-order valence-electron chi connectivity index (χ0n) is 7.62. The van der Waals surface area contributed by atoms with Crippen molar-refractivity contribution in [1.29, 1.82) is 0 Å². The number of hydrogen-bond donors (Lipinski definition) is 1. The molecule has 0 atom stereocenters. The van der Waals surface area contributed by atoms with Crippen LogP contribution in [0.15, 0.2) is 18.2 Å². The highest BCUT2D eigenvalue weighted by Gasteiger charge is 2.03. The molecule has 0 bridgehead atoms. The first-order valence-corrected chi connectivity index (χ1v) is 4.22. The Bertz CT molecular complexity index is 291. The number of ether oxygens (including phenoxy) is 1. The van der Waals surface area contributed by atoms with Crippen LogP contribution in [0, 0.1) is 0 Å². The average molecular weight is 202 g/mol. The lowest BCUT2D eigenvalue weighted by Crippen LogP contribution is -2.17. The molecule has 1 aromatic carbocycles. The van der Waals surface area contributed by atoms with Crippen LogP contribution in [0.4, 0.5) is 5.69 Å². The first-order chi connectivity index (χ1) is 6.19. The van der Waals surface area contributed by atoms with E-state index in [1.54, 1.807) is 31.2 Å². The van der Waals surface area contributed by atoms with Gasteiger partial charge in [-0.1, -0.05) is 11.6 Å². The Morgan fingerprint density at radius 2 is 2.23 bits per heavy atom. The predicted molar refractivity (Wildman–Crippen MR) is 53.5 cm³/mol. The highest BCUT2D eigenvalue weighted by molar-refractivity contribution is 6.32. The van der Waals surface area contributed by atoms with Gasteiger partial charge in [-0.3, -0.25) is 0 Å². The zero-order chi connectivity index (χ0) is 9.84. The number of anilines is 1. The Kier molecular flexibility index (Phi) is 3.39. The van der Waals surface area contributed by atoms with Crippen LogP contribution in [0.25, 0.3) is 0 Å². The van der Waals surface area contributed by atoms with E-state index in [9.17, 15) is 0 Å². The molecule has 1 aromatic rings. The van der Waals surface area contributed by atoms with Gasteiger partial charge in [-0.25, -0.2) is 0 Å². The van der Waals surface area contributed by atoms with Crippen molar-refractivity contribution in [2.45, 2.75) is 0 Å². The van der Waals surface area contributed by atoms with Gasteiger partial charge < -0.3 is 14.7 Å². The molecule has 4 heteroatoms. The summed E-state index contributed by atoms with van der Waals surface area (Å²) in [4.78, 5) is 1.67. The molecule has 1 N–H and O–H groups in total. The maximum absolute atomic E-state index is 8.86. The average Bonchev–Trinajstić information content (AvgIpc) is 2.16. The lowest BCUT2D eigenvalue weighted by Gasteiger charge is -2.16. The van der Waals surface area contributed by atoms with E-state index in [1.165, 1.54) is 0 Å². The van der Waals surface area contributed by atoms with Crippen molar-refractivity contribution in [3.63, 3.8) is 0 Å². The Labute approximate surface area is 82.5 Å². The first kappa shape index (κ1) is 10.2. The molecule has 72 valence electrons. The number of hydrogen-bond acceptors (Lipinski definition) is 3. The SMILES string of the molecule is COc1ccc(N(C)CO)cc1Cl. The van der Waals surface area contributed by atoms with Gasteiger partial charge in [-0.2, -0.15) is 0 Å². The monoisotopic (exact) mass is 201 g/mol. The van der Waals surface area contributed by atoms with Crippen molar-refractivity contribution in [2.75, 3.05) is 25.8 Å². The molecule has 0 spiro atoms. The normalized spacial score (nSPS) is 9.85. The summed E-state index contributed by atoms with van der Waals surface area (Å²) in [6, 6.07) is 5.35. The van der Waals surface area contributed by atoms with Crippen molar-refractivity contribution < 1.29 is 9.84 Å². The number of nitrogens with zero attached hydrogens (tertiary/aromatic N) is 1. The first-order valence-electron chi connectivity index (χ1n) is 3.84. The second-order valence-corrected chi connectivity index (χ2v) is 3.07. The third-order valence-corrected chi connectivity index (χ3v) is 2.08. The van der Waals surface area contributed by atoms with Gasteiger partial charge in [0.25, 0.3) is 0 Å². The van der Waals surface area contributed by atoms with Crippen molar-refractivity contribution in [1.82, 2.24) is 0 Å². The van der Waals surface area contributed by atoms with E-state index >= 15 is 0 Å². The van der Waals surface area contributed by atoms with Crippen molar-refractivity contribution in [3.05, 3.63) is 23.2 Å². The minimum Gasteiger partial charge on any atom is -0.495 e. The molecule has 0 heterocycles. The zero-order valence-corrected chi connectivity index (χ0v) is 8.38. The Morgan fingerprint density at radius 1 is 1.54 bits per heavy atom. The molecule has 1 rings (SSSR count). The maximum Gasteiger partial charge on any atom is 0.137 e. The van der Waals surface area contributed by atoms with Crippen molar-refractivity contribution >= 4 is 17.3 Å². The van der Waals surface area contributed by atoms with Gasteiger partial charge in [0.05, 0.1) is 12.1 Å². The fourth-order valence-electron chi connectivity index (χ4n) is 0.974. The van der Waals surface area contributed by atoms with E-state index in [0.29, 0.717) is 10.8 Å². The predicted octanol–water partition coefficient (Wildman–Crippen LogP) is 1.73. The second-order valence-electron chi connectivity index (χ2n) is 2.66. The highest BCUT2D eigenvalue weighted by Crippen LogP contribution is 2.28. The van der Waals surface area contributed by atoms with Crippen LogP contribution in [-0.2, 0) is 0 Å². The highest BCUT2D eigenvalue weighted by atomic mass is 35.5. The summed E-state index contributed by atoms with van der Waals surface area (Å²) >= 11 is 5.90. The van der Waals surface area contributed by atoms with Gasteiger partial charge in [0.15, 0.2) is 0 Å². The molecule has 0 radical (unpaired) electrons. The van der Waals surface area contributed by atoms with Gasteiger partial charge in [0, 0.05) is 12.7 Å². The van der Waals surface area contributed by atoms with Gasteiger partial charge in [-0.05, 0) is 18.2 Å². The molecule has 0 saturated heterocycles. The molecule has 13 heavy (non-hydrogen) atoms. The van der Waals surface area contributed by atoms with Crippen LogP contribution in [0.3, 0.4) is 0 Å². The second kappa shape index (κ2) is 4.35. The molecule has 3 nitrogen and oxygen atoms in total. The van der Waals surface area contributed by atoms with Crippen LogP contribution >= 0.6 is 11.6 Å². The standard InChI is InChI=1S/C9H12ClNO2/c1-11(6-12)7-3-4-9(13-2)8(10)5-7/h3-5,12H,6H2,1-2H3. The summed E-state index contributed by atoms with van der Waals surface area (Å²) in [5.74, 6) is 0.636. The third kappa shape index (κ3) is 2.26. The fraction of sp³-hybridized carbons (Fsp3) is 0.333. The molecule has 0 aliphatic rings. The lowest BCUT2D eigenvalue weighted by atomic mass is 10.3. The van der Waals surface area contributed by atoms with Gasteiger partial charge >= 0.3 is 0 Å². The third-order valence-electron chi connectivity index (χ3n) is 1.79. The summed E-state index contributed by atoms with van der Waals surface area (Å²) < 4.78 is 5.00. The smallest absolute Gasteiger partial charge is 0.137 e. The molecular weight excluding hydrogens is 190 g/mol. The number of halogens is 1. The molecule has 0 aliphatic heterocycles. The number of aliphatic hydroxyl groups excluding tert-OH is 1. The van der Waals surface area contributed by atoms with Crippen LogP contribution in [0.1, 0.15) is 0 Å². The van der Waals surface area contributed by atoms with Crippen LogP contribution in [-0.4, -0.2) is 26.0 Å². The fourth-order valence-corrected chi connectivity index (χ4v) is 1.23. The van der Waals surface area contributed by atoms with Crippen LogP contribution in [0.2, 0.25) is 5.02 Å². The van der Waals surface area contributed by atoms with E-state index in [4.69, 9.17) is 21.4 Å². The number of aliphatic hydroxyl groups is 1. The van der Waals surface area contributed by atoms with Gasteiger partial charge in [0.1, 0.15) is 12.5 Å². The molecule has 0 aliphatic carbocycles. The Morgan fingerprint density at radius 3 is 2.69 bits per heavy atom.